The predicted molar refractivity (Wildman–Crippen MR) is 136 cm³/mol. The summed E-state index contributed by atoms with van der Waals surface area (Å²) < 4.78 is 38.6. The molecule has 1 amide bonds. The number of carbonyl (C=O) groups excluding carboxylic acids is 1. The van der Waals surface area contributed by atoms with Crippen molar-refractivity contribution in [2.45, 2.75) is 24.3 Å². The van der Waals surface area contributed by atoms with Crippen LogP contribution < -0.4 is 14.8 Å². The van der Waals surface area contributed by atoms with Crippen molar-refractivity contribution in [1.82, 2.24) is 9.62 Å². The molecule has 3 aromatic carbocycles. The number of rotatable bonds is 11. The van der Waals surface area contributed by atoms with Gasteiger partial charge in [-0.05, 0) is 60.9 Å². The van der Waals surface area contributed by atoms with E-state index in [1.54, 1.807) is 19.2 Å². The zero-order chi connectivity index (χ0) is 25.4. The van der Waals surface area contributed by atoms with Crippen LogP contribution in [0.1, 0.15) is 24.1 Å². The molecule has 9 heteroatoms. The van der Waals surface area contributed by atoms with Gasteiger partial charge in [0.2, 0.25) is 15.9 Å². The molecule has 0 spiro atoms. The normalized spacial score (nSPS) is 12.3. The zero-order valence-corrected chi connectivity index (χ0v) is 21.5. The molecule has 0 fully saturated rings. The van der Waals surface area contributed by atoms with Crippen molar-refractivity contribution in [1.29, 1.82) is 0 Å². The molecule has 0 bridgehead atoms. The third-order valence-corrected chi connectivity index (χ3v) is 7.66. The molecule has 3 rings (SSSR count). The Balaban J connectivity index is 1.78. The van der Waals surface area contributed by atoms with Gasteiger partial charge in [-0.15, -0.1) is 0 Å². The van der Waals surface area contributed by atoms with Gasteiger partial charge in [-0.1, -0.05) is 48.0 Å². The number of hydrogen-bond acceptors (Lipinski definition) is 5. The summed E-state index contributed by atoms with van der Waals surface area (Å²) in [7, 11) is -0.838. The molecule has 0 unspecified atom stereocenters. The molecular weight excluding hydrogens is 488 g/mol. The second-order valence-electron chi connectivity index (χ2n) is 7.93. The van der Waals surface area contributed by atoms with Gasteiger partial charge in [0.1, 0.15) is 0 Å². The molecule has 35 heavy (non-hydrogen) atoms. The minimum Gasteiger partial charge on any atom is -0.493 e. The third-order valence-electron chi connectivity index (χ3n) is 5.55. The maximum Gasteiger partial charge on any atom is 0.243 e. The van der Waals surface area contributed by atoms with E-state index in [1.165, 1.54) is 35.7 Å². The fourth-order valence-electron chi connectivity index (χ4n) is 3.59. The molecule has 1 atom stereocenters. The predicted octanol–water partition coefficient (Wildman–Crippen LogP) is 4.47. The van der Waals surface area contributed by atoms with Crippen LogP contribution >= 0.6 is 11.6 Å². The fourth-order valence-corrected chi connectivity index (χ4v) is 5.11. The van der Waals surface area contributed by atoms with Crippen molar-refractivity contribution in [3.05, 3.63) is 88.9 Å². The summed E-state index contributed by atoms with van der Waals surface area (Å²) in [5, 5.41) is 3.32. The number of ether oxygens (including phenoxy) is 2. The monoisotopic (exact) mass is 516 g/mol. The van der Waals surface area contributed by atoms with E-state index in [9.17, 15) is 13.2 Å². The van der Waals surface area contributed by atoms with Gasteiger partial charge in [-0.3, -0.25) is 4.79 Å². The van der Waals surface area contributed by atoms with Crippen LogP contribution in [0.25, 0.3) is 0 Å². The number of benzene rings is 3. The highest BCUT2D eigenvalue weighted by Crippen LogP contribution is 2.30. The van der Waals surface area contributed by atoms with Crippen LogP contribution in [-0.4, -0.2) is 45.9 Å². The largest absolute Gasteiger partial charge is 0.493 e. The lowest BCUT2D eigenvalue weighted by Crippen LogP contribution is -2.42. The van der Waals surface area contributed by atoms with Crippen molar-refractivity contribution in [3.63, 3.8) is 0 Å². The summed E-state index contributed by atoms with van der Waals surface area (Å²) in [5.41, 5.74) is 1.77. The number of carbonyl (C=O) groups is 1. The van der Waals surface area contributed by atoms with E-state index in [-0.39, 0.29) is 24.0 Å². The molecule has 0 aliphatic carbocycles. The average Bonchev–Trinajstić information content (AvgIpc) is 2.86. The molecule has 0 aromatic heterocycles. The summed E-state index contributed by atoms with van der Waals surface area (Å²) in [6, 6.07) is 20.4. The molecule has 0 aliphatic rings. The van der Waals surface area contributed by atoms with E-state index in [0.29, 0.717) is 22.9 Å². The summed E-state index contributed by atoms with van der Waals surface area (Å²) in [6.45, 7) is 1.64. The number of halogens is 1. The molecular formula is C26H29ClN2O5S. The Morgan fingerprint density at radius 1 is 0.971 bits per heavy atom. The van der Waals surface area contributed by atoms with Gasteiger partial charge in [-0.25, -0.2) is 8.42 Å². The second-order valence-corrected chi connectivity index (χ2v) is 10.3. The quantitative estimate of drug-likeness (QED) is 0.406. The van der Waals surface area contributed by atoms with E-state index < -0.39 is 15.9 Å². The van der Waals surface area contributed by atoms with E-state index in [4.69, 9.17) is 21.1 Å². The smallest absolute Gasteiger partial charge is 0.243 e. The van der Waals surface area contributed by atoms with Crippen LogP contribution in [0.5, 0.6) is 11.5 Å². The van der Waals surface area contributed by atoms with Gasteiger partial charge in [0, 0.05) is 11.6 Å². The number of hydrogen-bond donors (Lipinski definition) is 1. The van der Waals surface area contributed by atoms with Crippen molar-refractivity contribution in [2.75, 3.05) is 27.3 Å². The first-order valence-corrected chi connectivity index (χ1v) is 12.9. The molecule has 0 saturated carbocycles. The molecule has 7 nitrogen and oxygen atoms in total. The lowest BCUT2D eigenvalue weighted by Gasteiger charge is -2.23. The van der Waals surface area contributed by atoms with Crippen molar-refractivity contribution >= 4 is 27.5 Å². The third kappa shape index (κ3) is 6.97. The Bertz CT molecular complexity index is 1230. The fraction of sp³-hybridized carbons (Fsp3) is 0.269. The Kier molecular flexibility index (Phi) is 9.14. The molecule has 3 aromatic rings. The van der Waals surface area contributed by atoms with Crippen LogP contribution in [0.3, 0.4) is 0 Å². The average molecular weight is 517 g/mol. The number of nitrogens with one attached hydrogen (secondary N) is 1. The molecule has 0 aliphatic heterocycles. The lowest BCUT2D eigenvalue weighted by molar-refractivity contribution is -0.121. The summed E-state index contributed by atoms with van der Waals surface area (Å²) in [5.74, 6) is 0.703. The van der Waals surface area contributed by atoms with Gasteiger partial charge < -0.3 is 14.8 Å². The highest BCUT2D eigenvalue weighted by Gasteiger charge is 2.27. The van der Waals surface area contributed by atoms with Crippen LogP contribution in [0, 0.1) is 0 Å². The highest BCUT2D eigenvalue weighted by molar-refractivity contribution is 7.89. The second kappa shape index (κ2) is 12.1. The first kappa shape index (κ1) is 26.5. The van der Waals surface area contributed by atoms with Crippen molar-refractivity contribution in [2.24, 2.45) is 0 Å². The van der Waals surface area contributed by atoms with Gasteiger partial charge in [0.15, 0.2) is 11.5 Å². The Hall–Kier alpha value is -3.07. The van der Waals surface area contributed by atoms with Crippen molar-refractivity contribution in [3.8, 4) is 11.5 Å². The van der Waals surface area contributed by atoms with Gasteiger partial charge >= 0.3 is 0 Å². The maximum atomic E-state index is 13.4. The Morgan fingerprint density at radius 3 is 2.26 bits per heavy atom. The van der Waals surface area contributed by atoms with Crippen LogP contribution in [0.4, 0.5) is 0 Å². The topological polar surface area (TPSA) is 84.9 Å². The Labute approximate surface area is 211 Å². The SMILES string of the molecule is COc1ccc([C@@H](C)NC(=O)CN(CCc2ccccc2)S(=O)(=O)c2ccc(Cl)cc2)cc1OC. The first-order valence-electron chi connectivity index (χ1n) is 11.1. The summed E-state index contributed by atoms with van der Waals surface area (Å²) in [6.07, 6.45) is 0.464. The maximum absolute atomic E-state index is 13.4. The van der Waals surface area contributed by atoms with Gasteiger partial charge in [-0.2, -0.15) is 4.31 Å². The molecule has 1 N–H and O–H groups in total. The number of methoxy groups -OCH3 is 2. The Morgan fingerprint density at radius 2 is 1.63 bits per heavy atom. The summed E-state index contributed by atoms with van der Waals surface area (Å²) in [4.78, 5) is 13.0. The highest BCUT2D eigenvalue weighted by atomic mass is 35.5. The van der Waals surface area contributed by atoms with Gasteiger partial charge in [0.05, 0.1) is 31.7 Å². The molecule has 0 saturated heterocycles. The molecule has 186 valence electrons. The first-order chi connectivity index (χ1) is 16.7. The minimum absolute atomic E-state index is 0.0794. The van der Waals surface area contributed by atoms with E-state index in [2.05, 4.69) is 5.32 Å². The molecule has 0 radical (unpaired) electrons. The van der Waals surface area contributed by atoms with E-state index in [1.807, 2.05) is 43.3 Å². The summed E-state index contributed by atoms with van der Waals surface area (Å²) >= 11 is 5.93. The van der Waals surface area contributed by atoms with Gasteiger partial charge in [0.25, 0.3) is 0 Å². The van der Waals surface area contributed by atoms with Crippen molar-refractivity contribution < 1.29 is 22.7 Å². The standard InChI is InChI=1S/C26H29ClN2O5S/c1-19(21-9-14-24(33-2)25(17-21)34-3)28-26(30)18-29(16-15-20-7-5-4-6-8-20)35(31,32)23-12-10-22(27)11-13-23/h4-14,17,19H,15-16,18H2,1-3H3,(H,28,30)/t19-/m1/s1. The number of sulfonamides is 1. The van der Waals surface area contributed by atoms with E-state index >= 15 is 0 Å². The lowest BCUT2D eigenvalue weighted by atomic mass is 10.1. The molecule has 0 heterocycles. The van der Waals surface area contributed by atoms with Crippen LogP contribution in [-0.2, 0) is 21.2 Å². The van der Waals surface area contributed by atoms with E-state index in [0.717, 1.165) is 11.1 Å². The van der Waals surface area contributed by atoms with Crippen LogP contribution in [0.2, 0.25) is 5.02 Å². The number of nitrogens with zero attached hydrogens (tertiary/aromatic N) is 1. The minimum atomic E-state index is -3.93. The number of amides is 1. The zero-order valence-electron chi connectivity index (χ0n) is 19.9. The van der Waals surface area contributed by atoms with Crippen LogP contribution in [0.15, 0.2) is 77.7 Å².